The minimum Gasteiger partial charge on any atom is -0.496 e. The first-order valence-corrected chi connectivity index (χ1v) is 9.63. The minimum absolute atomic E-state index is 0.196. The largest absolute Gasteiger partial charge is 0.496 e. The summed E-state index contributed by atoms with van der Waals surface area (Å²) in [5, 5.41) is 3.42. The number of amides is 1. The van der Waals surface area contributed by atoms with Crippen molar-refractivity contribution in [2.45, 2.75) is 6.61 Å². The van der Waals surface area contributed by atoms with Crippen molar-refractivity contribution < 1.29 is 14.3 Å². The van der Waals surface area contributed by atoms with Gasteiger partial charge in [0, 0.05) is 20.4 Å². The number of para-hydroxylation sites is 1. The summed E-state index contributed by atoms with van der Waals surface area (Å²) in [6.07, 6.45) is 0. The van der Waals surface area contributed by atoms with Gasteiger partial charge in [-0.3, -0.25) is 4.79 Å². The van der Waals surface area contributed by atoms with Crippen LogP contribution in [0.2, 0.25) is 5.02 Å². The Balaban J connectivity index is 1.77. The second-order valence-corrected chi connectivity index (χ2v) is 7.36. The second kappa shape index (κ2) is 9.10. The van der Waals surface area contributed by atoms with Gasteiger partial charge < -0.3 is 14.8 Å². The van der Waals surface area contributed by atoms with E-state index in [-0.39, 0.29) is 12.5 Å². The molecule has 0 atom stereocenters. The average molecular weight is 494 g/mol. The molecule has 0 aliphatic rings. The summed E-state index contributed by atoms with van der Waals surface area (Å²) in [7, 11) is 1.58. The summed E-state index contributed by atoms with van der Waals surface area (Å²) in [6.45, 7) is 0.234. The van der Waals surface area contributed by atoms with Crippen LogP contribution in [0.4, 0.5) is 5.69 Å². The fourth-order valence-electron chi connectivity index (χ4n) is 2.49. The fourth-order valence-corrected chi connectivity index (χ4v) is 3.04. The number of methoxy groups -OCH3 is 1. The van der Waals surface area contributed by atoms with Crippen LogP contribution in [0.15, 0.2) is 66.7 Å². The van der Waals surface area contributed by atoms with Crippen molar-refractivity contribution in [1.82, 2.24) is 0 Å². The van der Waals surface area contributed by atoms with Crippen molar-refractivity contribution in [3.8, 4) is 11.5 Å². The van der Waals surface area contributed by atoms with Gasteiger partial charge in [0.2, 0.25) is 0 Å². The van der Waals surface area contributed by atoms with Crippen molar-refractivity contribution in [3.05, 3.63) is 86.4 Å². The molecule has 0 unspecified atom stereocenters. The monoisotopic (exact) mass is 493 g/mol. The molecule has 0 radical (unpaired) electrons. The summed E-state index contributed by atoms with van der Waals surface area (Å²) in [5.74, 6) is 1.03. The summed E-state index contributed by atoms with van der Waals surface area (Å²) in [4.78, 5) is 12.6. The summed E-state index contributed by atoms with van der Waals surface area (Å²) < 4.78 is 12.3. The van der Waals surface area contributed by atoms with E-state index in [1.807, 2.05) is 36.4 Å². The Hall–Kier alpha value is -2.25. The highest BCUT2D eigenvalue weighted by atomic mass is 127. The molecular weight excluding hydrogens is 477 g/mol. The average Bonchev–Trinajstić information content (AvgIpc) is 2.69. The number of rotatable bonds is 6. The Morgan fingerprint density at radius 3 is 2.48 bits per heavy atom. The van der Waals surface area contributed by atoms with Gasteiger partial charge in [-0.2, -0.15) is 0 Å². The number of ether oxygens (including phenoxy) is 2. The quantitative estimate of drug-likeness (QED) is 0.443. The maximum absolute atomic E-state index is 12.6. The van der Waals surface area contributed by atoms with Crippen LogP contribution in [0.5, 0.6) is 11.5 Å². The first kappa shape index (κ1) is 19.5. The van der Waals surface area contributed by atoms with Crippen LogP contribution in [0.3, 0.4) is 0 Å². The lowest BCUT2D eigenvalue weighted by Gasteiger charge is -2.13. The third kappa shape index (κ3) is 5.14. The summed E-state index contributed by atoms with van der Waals surface area (Å²) in [5.41, 5.74) is 2.02. The zero-order chi connectivity index (χ0) is 19.2. The zero-order valence-electron chi connectivity index (χ0n) is 14.5. The fraction of sp³-hybridized carbons (Fsp3) is 0.0952. The molecule has 1 amide bonds. The normalized spacial score (nSPS) is 10.3. The molecular formula is C21H17ClINO3. The topological polar surface area (TPSA) is 47.6 Å². The van der Waals surface area contributed by atoms with Gasteiger partial charge in [-0.05, 0) is 77.2 Å². The molecule has 3 rings (SSSR count). The van der Waals surface area contributed by atoms with E-state index < -0.39 is 0 Å². The van der Waals surface area contributed by atoms with E-state index in [4.69, 9.17) is 21.1 Å². The standard InChI is InChI=1S/C21H17ClINO3/c1-26-19-11-6-14(21(25)24-17-9-7-16(23)8-10-17)12-15(19)13-27-20-5-3-2-4-18(20)22/h2-12H,13H2,1H3,(H,24,25). The van der Waals surface area contributed by atoms with E-state index in [1.165, 1.54) is 0 Å². The van der Waals surface area contributed by atoms with Crippen LogP contribution in [0.25, 0.3) is 0 Å². The first-order chi connectivity index (χ1) is 13.1. The van der Waals surface area contributed by atoms with Crippen LogP contribution in [0, 0.1) is 3.57 Å². The molecule has 0 saturated heterocycles. The Morgan fingerprint density at radius 1 is 1.04 bits per heavy atom. The Morgan fingerprint density at radius 2 is 1.78 bits per heavy atom. The van der Waals surface area contributed by atoms with Gasteiger partial charge in [0.1, 0.15) is 18.1 Å². The summed E-state index contributed by atoms with van der Waals surface area (Å²) >= 11 is 8.35. The van der Waals surface area contributed by atoms with Crippen LogP contribution in [-0.4, -0.2) is 13.0 Å². The molecule has 0 fully saturated rings. The van der Waals surface area contributed by atoms with Crippen LogP contribution in [-0.2, 0) is 6.61 Å². The van der Waals surface area contributed by atoms with Crippen LogP contribution < -0.4 is 14.8 Å². The smallest absolute Gasteiger partial charge is 0.255 e. The van der Waals surface area contributed by atoms with Gasteiger partial charge in [-0.15, -0.1) is 0 Å². The van der Waals surface area contributed by atoms with Crippen molar-refractivity contribution in [3.63, 3.8) is 0 Å². The molecule has 0 aliphatic carbocycles. The second-order valence-electron chi connectivity index (χ2n) is 5.71. The number of hydrogen-bond donors (Lipinski definition) is 1. The Bertz CT molecular complexity index is 944. The molecule has 0 heterocycles. The predicted octanol–water partition coefficient (Wildman–Crippen LogP) is 5.78. The molecule has 0 aliphatic heterocycles. The number of carbonyl (C=O) groups is 1. The molecule has 138 valence electrons. The highest BCUT2D eigenvalue weighted by Gasteiger charge is 2.12. The molecule has 4 nitrogen and oxygen atoms in total. The molecule has 0 saturated carbocycles. The van der Waals surface area contributed by atoms with Gasteiger partial charge in [0.25, 0.3) is 5.91 Å². The number of benzene rings is 3. The molecule has 0 bridgehead atoms. The minimum atomic E-state index is -0.196. The predicted molar refractivity (Wildman–Crippen MR) is 116 cm³/mol. The Kier molecular flexibility index (Phi) is 6.58. The molecule has 27 heavy (non-hydrogen) atoms. The third-order valence-corrected chi connectivity index (χ3v) is 4.90. The van der Waals surface area contributed by atoms with E-state index in [9.17, 15) is 4.79 Å². The highest BCUT2D eigenvalue weighted by Crippen LogP contribution is 2.27. The molecule has 0 aromatic heterocycles. The number of halogens is 2. The van der Waals surface area contributed by atoms with E-state index in [0.29, 0.717) is 22.1 Å². The first-order valence-electron chi connectivity index (χ1n) is 8.18. The molecule has 1 N–H and O–H groups in total. The lowest BCUT2D eigenvalue weighted by Crippen LogP contribution is -2.12. The number of nitrogens with one attached hydrogen (secondary N) is 1. The van der Waals surface area contributed by atoms with Crippen LogP contribution >= 0.6 is 34.2 Å². The van der Waals surface area contributed by atoms with Crippen molar-refractivity contribution >= 4 is 45.8 Å². The SMILES string of the molecule is COc1ccc(C(=O)Nc2ccc(I)cc2)cc1COc1ccccc1Cl. The van der Waals surface area contributed by atoms with Crippen molar-refractivity contribution in [1.29, 1.82) is 0 Å². The number of carbonyl (C=O) groups excluding carboxylic acids is 1. The van der Waals surface area contributed by atoms with Crippen molar-refractivity contribution in [2.75, 3.05) is 12.4 Å². The maximum Gasteiger partial charge on any atom is 0.255 e. The molecule has 0 spiro atoms. The van der Waals surface area contributed by atoms with Gasteiger partial charge in [-0.1, -0.05) is 23.7 Å². The molecule has 6 heteroatoms. The lowest BCUT2D eigenvalue weighted by atomic mass is 10.1. The maximum atomic E-state index is 12.6. The third-order valence-electron chi connectivity index (χ3n) is 3.86. The Labute approximate surface area is 176 Å². The number of hydrogen-bond acceptors (Lipinski definition) is 3. The zero-order valence-corrected chi connectivity index (χ0v) is 17.5. The highest BCUT2D eigenvalue weighted by molar-refractivity contribution is 14.1. The van der Waals surface area contributed by atoms with E-state index in [1.54, 1.807) is 37.4 Å². The van der Waals surface area contributed by atoms with Crippen molar-refractivity contribution in [2.24, 2.45) is 0 Å². The van der Waals surface area contributed by atoms with Gasteiger partial charge in [0.05, 0.1) is 12.1 Å². The van der Waals surface area contributed by atoms with Gasteiger partial charge in [-0.25, -0.2) is 0 Å². The molecule has 3 aromatic carbocycles. The van der Waals surface area contributed by atoms with E-state index >= 15 is 0 Å². The number of anilines is 1. The molecule has 3 aromatic rings. The van der Waals surface area contributed by atoms with E-state index in [0.717, 1.165) is 14.8 Å². The lowest BCUT2D eigenvalue weighted by molar-refractivity contribution is 0.102. The summed E-state index contributed by atoms with van der Waals surface area (Å²) in [6, 6.07) is 20.1. The van der Waals surface area contributed by atoms with Gasteiger partial charge in [0.15, 0.2) is 0 Å². The van der Waals surface area contributed by atoms with Crippen LogP contribution in [0.1, 0.15) is 15.9 Å². The van der Waals surface area contributed by atoms with E-state index in [2.05, 4.69) is 27.9 Å². The van der Waals surface area contributed by atoms with Gasteiger partial charge >= 0.3 is 0 Å².